The summed E-state index contributed by atoms with van der Waals surface area (Å²) in [7, 11) is 1.73. The molecule has 106 valence electrons. The maximum absolute atomic E-state index is 6.07. The number of rotatable bonds is 4. The molecule has 0 saturated heterocycles. The van der Waals surface area contributed by atoms with Crippen LogP contribution in [0.15, 0.2) is 18.2 Å². The molecule has 19 heavy (non-hydrogen) atoms. The van der Waals surface area contributed by atoms with Gasteiger partial charge >= 0.3 is 0 Å². The zero-order chi connectivity index (χ0) is 13.8. The molecule has 2 heteroatoms. The lowest BCUT2D eigenvalue weighted by Gasteiger charge is -2.33. The molecule has 1 saturated carbocycles. The summed E-state index contributed by atoms with van der Waals surface area (Å²) >= 11 is 0. The van der Waals surface area contributed by atoms with E-state index in [9.17, 15) is 0 Å². The van der Waals surface area contributed by atoms with Crippen LogP contribution >= 0.6 is 0 Å². The van der Waals surface area contributed by atoms with Gasteiger partial charge in [-0.05, 0) is 61.3 Å². The van der Waals surface area contributed by atoms with Gasteiger partial charge in [0.05, 0.1) is 7.11 Å². The largest absolute Gasteiger partial charge is 0.496 e. The van der Waals surface area contributed by atoms with Gasteiger partial charge in [0.15, 0.2) is 0 Å². The van der Waals surface area contributed by atoms with Crippen LogP contribution in [0.25, 0.3) is 0 Å². The van der Waals surface area contributed by atoms with Crippen molar-refractivity contribution in [2.24, 2.45) is 17.6 Å². The first kappa shape index (κ1) is 14.4. The fourth-order valence-corrected chi connectivity index (χ4v) is 3.58. The number of aryl methyl sites for hydroxylation is 1. The number of hydrogen-bond donors (Lipinski definition) is 1. The lowest BCUT2D eigenvalue weighted by Crippen LogP contribution is -2.26. The minimum Gasteiger partial charge on any atom is -0.496 e. The molecule has 1 aromatic carbocycles. The molecule has 0 bridgehead atoms. The van der Waals surface area contributed by atoms with E-state index in [0.717, 1.165) is 24.1 Å². The molecule has 1 aliphatic carbocycles. The molecule has 1 aromatic rings. The molecule has 1 aliphatic rings. The SMILES string of the molecule is COc1ccc(C(CN)C2CCCC(C)C2)cc1C. The van der Waals surface area contributed by atoms with E-state index in [1.807, 2.05) is 0 Å². The highest BCUT2D eigenvalue weighted by molar-refractivity contribution is 5.38. The minimum absolute atomic E-state index is 0.507. The summed E-state index contributed by atoms with van der Waals surface area (Å²) in [6.45, 7) is 5.24. The molecule has 0 radical (unpaired) electrons. The van der Waals surface area contributed by atoms with Crippen LogP contribution in [0.1, 0.15) is 49.7 Å². The van der Waals surface area contributed by atoms with Crippen molar-refractivity contribution in [1.82, 2.24) is 0 Å². The third-order valence-electron chi connectivity index (χ3n) is 4.65. The lowest BCUT2D eigenvalue weighted by molar-refractivity contribution is 0.248. The van der Waals surface area contributed by atoms with Crippen LogP contribution in [0.2, 0.25) is 0 Å². The highest BCUT2D eigenvalue weighted by Crippen LogP contribution is 2.38. The molecule has 2 nitrogen and oxygen atoms in total. The topological polar surface area (TPSA) is 35.2 Å². The van der Waals surface area contributed by atoms with E-state index in [4.69, 9.17) is 10.5 Å². The Balaban J connectivity index is 2.19. The van der Waals surface area contributed by atoms with Crippen LogP contribution < -0.4 is 10.5 Å². The fourth-order valence-electron chi connectivity index (χ4n) is 3.58. The van der Waals surface area contributed by atoms with Crippen molar-refractivity contribution < 1.29 is 4.74 Å². The second-order valence-corrected chi connectivity index (χ2v) is 6.10. The van der Waals surface area contributed by atoms with E-state index in [2.05, 4.69) is 32.0 Å². The van der Waals surface area contributed by atoms with Crippen molar-refractivity contribution in [2.75, 3.05) is 13.7 Å². The summed E-state index contributed by atoms with van der Waals surface area (Å²) in [6.07, 6.45) is 5.40. The normalized spacial score (nSPS) is 25.1. The van der Waals surface area contributed by atoms with E-state index < -0.39 is 0 Å². The highest BCUT2D eigenvalue weighted by Gasteiger charge is 2.27. The Bertz CT molecular complexity index is 416. The van der Waals surface area contributed by atoms with Gasteiger partial charge in [0, 0.05) is 0 Å². The Morgan fingerprint density at radius 1 is 1.37 bits per heavy atom. The predicted octanol–water partition coefficient (Wildman–Crippen LogP) is 3.87. The number of benzene rings is 1. The molecule has 3 atom stereocenters. The van der Waals surface area contributed by atoms with Crippen LogP contribution in [0.4, 0.5) is 0 Å². The summed E-state index contributed by atoms with van der Waals surface area (Å²) in [5, 5.41) is 0. The van der Waals surface area contributed by atoms with Gasteiger partial charge in [0.2, 0.25) is 0 Å². The third kappa shape index (κ3) is 3.30. The van der Waals surface area contributed by atoms with E-state index in [1.165, 1.54) is 36.8 Å². The first-order chi connectivity index (χ1) is 9.15. The van der Waals surface area contributed by atoms with Crippen LogP contribution in [0.5, 0.6) is 5.75 Å². The lowest BCUT2D eigenvalue weighted by atomic mass is 9.73. The van der Waals surface area contributed by atoms with Gasteiger partial charge in [0.1, 0.15) is 5.75 Å². The van der Waals surface area contributed by atoms with Crippen LogP contribution in [-0.2, 0) is 0 Å². The van der Waals surface area contributed by atoms with Gasteiger partial charge in [-0.2, -0.15) is 0 Å². The predicted molar refractivity (Wildman–Crippen MR) is 80.6 cm³/mol. The molecule has 2 N–H and O–H groups in total. The Morgan fingerprint density at radius 3 is 2.74 bits per heavy atom. The van der Waals surface area contributed by atoms with E-state index >= 15 is 0 Å². The smallest absolute Gasteiger partial charge is 0.121 e. The van der Waals surface area contributed by atoms with Gasteiger partial charge < -0.3 is 10.5 Å². The second-order valence-electron chi connectivity index (χ2n) is 6.10. The van der Waals surface area contributed by atoms with Crippen LogP contribution in [0.3, 0.4) is 0 Å². The number of hydrogen-bond acceptors (Lipinski definition) is 2. The Labute approximate surface area is 117 Å². The van der Waals surface area contributed by atoms with Crippen molar-refractivity contribution in [3.05, 3.63) is 29.3 Å². The number of ether oxygens (including phenoxy) is 1. The third-order valence-corrected chi connectivity index (χ3v) is 4.65. The van der Waals surface area contributed by atoms with Gasteiger partial charge in [-0.1, -0.05) is 31.9 Å². The Kier molecular flexibility index (Phi) is 4.87. The molecule has 0 spiro atoms. The Hall–Kier alpha value is -1.02. The maximum Gasteiger partial charge on any atom is 0.121 e. The van der Waals surface area contributed by atoms with Gasteiger partial charge in [-0.3, -0.25) is 0 Å². The van der Waals surface area contributed by atoms with Crippen molar-refractivity contribution in [3.63, 3.8) is 0 Å². The van der Waals surface area contributed by atoms with E-state index in [1.54, 1.807) is 7.11 Å². The van der Waals surface area contributed by atoms with Gasteiger partial charge in [0.25, 0.3) is 0 Å². The maximum atomic E-state index is 6.07. The zero-order valence-corrected chi connectivity index (χ0v) is 12.5. The van der Waals surface area contributed by atoms with Crippen molar-refractivity contribution in [3.8, 4) is 5.75 Å². The number of methoxy groups -OCH3 is 1. The molecule has 2 rings (SSSR count). The standard InChI is InChI=1S/C17H27NO/c1-12-5-4-6-14(9-12)16(11-18)15-7-8-17(19-3)13(2)10-15/h7-8,10,12,14,16H,4-6,9,11,18H2,1-3H3. The molecular formula is C17H27NO. The van der Waals surface area contributed by atoms with Crippen LogP contribution in [0, 0.1) is 18.8 Å². The van der Waals surface area contributed by atoms with E-state index in [0.29, 0.717) is 5.92 Å². The average Bonchev–Trinajstić information content (AvgIpc) is 2.40. The van der Waals surface area contributed by atoms with Crippen LogP contribution in [-0.4, -0.2) is 13.7 Å². The summed E-state index contributed by atoms with van der Waals surface area (Å²) in [6, 6.07) is 6.54. The first-order valence-electron chi connectivity index (χ1n) is 7.50. The summed E-state index contributed by atoms with van der Waals surface area (Å²) < 4.78 is 5.34. The minimum atomic E-state index is 0.507. The van der Waals surface area contributed by atoms with E-state index in [-0.39, 0.29) is 0 Å². The van der Waals surface area contributed by atoms with Gasteiger partial charge in [-0.15, -0.1) is 0 Å². The summed E-state index contributed by atoms with van der Waals surface area (Å²) in [4.78, 5) is 0. The molecule has 1 fully saturated rings. The fraction of sp³-hybridized carbons (Fsp3) is 0.647. The monoisotopic (exact) mass is 261 g/mol. The molecule has 0 aliphatic heterocycles. The molecule has 0 aromatic heterocycles. The quantitative estimate of drug-likeness (QED) is 0.893. The first-order valence-corrected chi connectivity index (χ1v) is 7.50. The Morgan fingerprint density at radius 2 is 2.16 bits per heavy atom. The molecule has 3 unspecified atom stereocenters. The highest BCUT2D eigenvalue weighted by atomic mass is 16.5. The zero-order valence-electron chi connectivity index (χ0n) is 12.5. The van der Waals surface area contributed by atoms with Crippen molar-refractivity contribution in [1.29, 1.82) is 0 Å². The van der Waals surface area contributed by atoms with Crippen molar-refractivity contribution in [2.45, 2.75) is 45.4 Å². The van der Waals surface area contributed by atoms with Gasteiger partial charge in [-0.25, -0.2) is 0 Å². The average molecular weight is 261 g/mol. The summed E-state index contributed by atoms with van der Waals surface area (Å²) in [5.74, 6) is 3.08. The molecule has 0 amide bonds. The molecular weight excluding hydrogens is 234 g/mol. The number of nitrogens with two attached hydrogens (primary N) is 1. The summed E-state index contributed by atoms with van der Waals surface area (Å²) in [5.41, 5.74) is 8.67. The second kappa shape index (κ2) is 6.42. The molecule has 0 heterocycles. The van der Waals surface area contributed by atoms with Crippen molar-refractivity contribution >= 4 is 0 Å².